The number of rotatable bonds is 6. The van der Waals surface area contributed by atoms with Crippen molar-refractivity contribution >= 4 is 12.6 Å². The van der Waals surface area contributed by atoms with Gasteiger partial charge in [0.05, 0.1) is 20.3 Å². The van der Waals surface area contributed by atoms with E-state index in [-0.39, 0.29) is 0 Å². The third-order valence-corrected chi connectivity index (χ3v) is 3.26. The van der Waals surface area contributed by atoms with Crippen LogP contribution in [0.1, 0.15) is 0 Å². The van der Waals surface area contributed by atoms with E-state index in [0.29, 0.717) is 23.6 Å². The Kier molecular flexibility index (Phi) is 5.66. The summed E-state index contributed by atoms with van der Waals surface area (Å²) in [6, 6.07) is 4.96. The van der Waals surface area contributed by atoms with Gasteiger partial charge in [0.15, 0.2) is 0 Å². The summed E-state index contributed by atoms with van der Waals surface area (Å²) in [6.45, 7) is 4.83. The Morgan fingerprint density at radius 3 is 2.70 bits per heavy atom. The predicted octanol–water partition coefficient (Wildman–Crippen LogP) is -0.914. The quantitative estimate of drug-likeness (QED) is 0.658. The number of methoxy groups -OCH3 is 1. The number of morpholine rings is 1. The molecule has 0 aliphatic carbocycles. The fourth-order valence-electron chi connectivity index (χ4n) is 2.11. The zero-order chi connectivity index (χ0) is 14.4. The summed E-state index contributed by atoms with van der Waals surface area (Å²) in [5.74, 6) is 1.06. The topological polar surface area (TPSA) is 71.4 Å². The van der Waals surface area contributed by atoms with Gasteiger partial charge in [0.1, 0.15) is 18.1 Å². The highest BCUT2D eigenvalue weighted by molar-refractivity contribution is 6.59. The van der Waals surface area contributed by atoms with Crippen molar-refractivity contribution in [3.8, 4) is 11.5 Å². The van der Waals surface area contributed by atoms with Crippen LogP contribution in [0.25, 0.3) is 0 Å². The lowest BCUT2D eigenvalue weighted by Crippen LogP contribution is -2.38. The molecule has 6 nitrogen and oxygen atoms in total. The van der Waals surface area contributed by atoms with Gasteiger partial charge >= 0.3 is 7.12 Å². The number of hydrogen-bond donors (Lipinski definition) is 2. The predicted molar refractivity (Wildman–Crippen MR) is 75.6 cm³/mol. The number of hydrogen-bond acceptors (Lipinski definition) is 6. The molecule has 1 aromatic carbocycles. The molecule has 0 atom stereocenters. The third-order valence-electron chi connectivity index (χ3n) is 3.26. The maximum Gasteiger partial charge on any atom is 0.492 e. The second-order valence-corrected chi connectivity index (χ2v) is 4.58. The average Bonchev–Trinajstić information content (AvgIpc) is 2.48. The van der Waals surface area contributed by atoms with E-state index in [4.69, 9.17) is 14.2 Å². The van der Waals surface area contributed by atoms with E-state index in [1.165, 1.54) is 7.11 Å². The molecule has 0 unspecified atom stereocenters. The molecule has 1 saturated heterocycles. The van der Waals surface area contributed by atoms with Crippen LogP contribution in [0.4, 0.5) is 0 Å². The molecule has 0 radical (unpaired) electrons. The lowest BCUT2D eigenvalue weighted by atomic mass is 9.79. The summed E-state index contributed by atoms with van der Waals surface area (Å²) in [7, 11) is -0.0639. The summed E-state index contributed by atoms with van der Waals surface area (Å²) >= 11 is 0. The van der Waals surface area contributed by atoms with Crippen molar-refractivity contribution in [2.45, 2.75) is 0 Å². The molecule has 1 fully saturated rings. The summed E-state index contributed by atoms with van der Waals surface area (Å²) in [6.07, 6.45) is 0. The van der Waals surface area contributed by atoms with Crippen LogP contribution in [-0.2, 0) is 4.74 Å². The van der Waals surface area contributed by atoms with Gasteiger partial charge in [0.25, 0.3) is 0 Å². The summed E-state index contributed by atoms with van der Waals surface area (Å²) in [5.41, 5.74) is 0.327. The fraction of sp³-hybridized carbons (Fsp3) is 0.538. The molecule has 0 amide bonds. The Balaban J connectivity index is 1.86. The van der Waals surface area contributed by atoms with Crippen LogP contribution in [0.15, 0.2) is 18.2 Å². The van der Waals surface area contributed by atoms with Gasteiger partial charge in [-0.1, -0.05) is 6.07 Å². The lowest BCUT2D eigenvalue weighted by Gasteiger charge is -2.26. The fourth-order valence-corrected chi connectivity index (χ4v) is 2.11. The molecule has 1 aromatic rings. The SMILES string of the molecule is COc1cc(OCCN2CCOCC2)ccc1B(O)O. The molecule has 0 spiro atoms. The van der Waals surface area contributed by atoms with Crippen molar-refractivity contribution in [2.24, 2.45) is 0 Å². The first-order valence-electron chi connectivity index (χ1n) is 6.67. The molecule has 1 heterocycles. The zero-order valence-electron chi connectivity index (χ0n) is 11.6. The van der Waals surface area contributed by atoms with Crippen LogP contribution in [0, 0.1) is 0 Å². The average molecular weight is 281 g/mol. The molecule has 20 heavy (non-hydrogen) atoms. The highest BCUT2D eigenvalue weighted by Gasteiger charge is 2.17. The molecule has 7 heteroatoms. The van der Waals surface area contributed by atoms with Crippen LogP contribution >= 0.6 is 0 Å². The number of nitrogens with zero attached hydrogens (tertiary/aromatic N) is 1. The van der Waals surface area contributed by atoms with Crippen molar-refractivity contribution in [1.82, 2.24) is 4.90 Å². The Morgan fingerprint density at radius 1 is 1.30 bits per heavy atom. The minimum Gasteiger partial charge on any atom is -0.497 e. The standard InChI is InChI=1S/C13H20BNO5/c1-18-13-10-11(2-3-12(13)14(16)17)20-9-6-15-4-7-19-8-5-15/h2-3,10,16-17H,4-9H2,1H3. The Morgan fingerprint density at radius 2 is 2.05 bits per heavy atom. The molecular formula is C13H20BNO5. The van der Waals surface area contributed by atoms with E-state index >= 15 is 0 Å². The van der Waals surface area contributed by atoms with Crippen molar-refractivity contribution < 1.29 is 24.3 Å². The smallest absolute Gasteiger partial charge is 0.492 e. The Hall–Kier alpha value is -1.28. The highest BCUT2D eigenvalue weighted by Crippen LogP contribution is 2.17. The van der Waals surface area contributed by atoms with Crippen molar-refractivity contribution in [2.75, 3.05) is 46.6 Å². The third kappa shape index (κ3) is 4.11. The van der Waals surface area contributed by atoms with Crippen molar-refractivity contribution in [3.05, 3.63) is 18.2 Å². The first kappa shape index (κ1) is 15.1. The van der Waals surface area contributed by atoms with E-state index in [9.17, 15) is 10.0 Å². The molecule has 2 N–H and O–H groups in total. The van der Waals surface area contributed by atoms with Gasteiger partial charge in [-0.05, 0) is 6.07 Å². The molecule has 1 aliphatic rings. The lowest BCUT2D eigenvalue weighted by molar-refractivity contribution is 0.0322. The molecule has 2 rings (SSSR count). The summed E-state index contributed by atoms with van der Waals surface area (Å²) in [4.78, 5) is 2.28. The summed E-state index contributed by atoms with van der Waals surface area (Å²) < 4.78 is 16.1. The number of benzene rings is 1. The summed E-state index contributed by atoms with van der Waals surface area (Å²) in [5, 5.41) is 18.4. The molecule has 0 saturated carbocycles. The van der Waals surface area contributed by atoms with Crippen LogP contribution in [-0.4, -0.2) is 68.6 Å². The maximum absolute atomic E-state index is 9.19. The minimum atomic E-state index is -1.55. The van der Waals surface area contributed by atoms with Gasteiger partial charge in [-0.25, -0.2) is 0 Å². The zero-order valence-corrected chi connectivity index (χ0v) is 11.6. The normalized spacial score (nSPS) is 15.9. The first-order valence-corrected chi connectivity index (χ1v) is 6.67. The van der Waals surface area contributed by atoms with E-state index in [2.05, 4.69) is 4.90 Å². The van der Waals surface area contributed by atoms with E-state index < -0.39 is 7.12 Å². The monoisotopic (exact) mass is 281 g/mol. The number of ether oxygens (including phenoxy) is 3. The van der Waals surface area contributed by atoms with Gasteiger partial charge in [0.2, 0.25) is 0 Å². The molecule has 110 valence electrons. The van der Waals surface area contributed by atoms with E-state index in [0.717, 1.165) is 32.8 Å². The van der Waals surface area contributed by atoms with Crippen LogP contribution in [0.5, 0.6) is 11.5 Å². The Bertz CT molecular complexity index is 423. The molecule has 0 aromatic heterocycles. The Labute approximate surface area is 119 Å². The second-order valence-electron chi connectivity index (χ2n) is 4.58. The van der Waals surface area contributed by atoms with Crippen molar-refractivity contribution in [1.29, 1.82) is 0 Å². The van der Waals surface area contributed by atoms with Crippen molar-refractivity contribution in [3.63, 3.8) is 0 Å². The largest absolute Gasteiger partial charge is 0.497 e. The van der Waals surface area contributed by atoms with Crippen LogP contribution in [0.3, 0.4) is 0 Å². The van der Waals surface area contributed by atoms with Crippen LogP contribution < -0.4 is 14.9 Å². The highest BCUT2D eigenvalue weighted by atomic mass is 16.5. The second kappa shape index (κ2) is 7.49. The molecular weight excluding hydrogens is 261 g/mol. The molecule has 0 bridgehead atoms. The van der Waals surface area contributed by atoms with E-state index in [1.54, 1.807) is 18.2 Å². The van der Waals surface area contributed by atoms with Gasteiger partial charge in [-0.15, -0.1) is 0 Å². The van der Waals surface area contributed by atoms with Gasteiger partial charge in [0, 0.05) is 31.2 Å². The van der Waals surface area contributed by atoms with Gasteiger partial charge in [-0.2, -0.15) is 0 Å². The first-order chi connectivity index (χ1) is 9.70. The van der Waals surface area contributed by atoms with E-state index in [1.807, 2.05) is 0 Å². The molecule has 1 aliphatic heterocycles. The minimum absolute atomic E-state index is 0.327. The van der Waals surface area contributed by atoms with Gasteiger partial charge in [-0.3, -0.25) is 4.90 Å². The van der Waals surface area contributed by atoms with Crippen LogP contribution in [0.2, 0.25) is 0 Å². The van der Waals surface area contributed by atoms with Gasteiger partial charge < -0.3 is 24.3 Å². The maximum atomic E-state index is 9.19.